The Hall–Kier alpha value is 0.120. The number of hydrogen-bond donors (Lipinski definition) is 0. The topological polar surface area (TPSA) is 0 Å². The van der Waals surface area contributed by atoms with Gasteiger partial charge in [0, 0.05) is 6.42 Å². The normalized spacial score (nSPS) is 7.50. The first-order valence-electron chi connectivity index (χ1n) is 1.56. The fourth-order valence-corrected chi connectivity index (χ4v) is 0.340. The summed E-state index contributed by atoms with van der Waals surface area (Å²) in [5, 5.41) is 0. The van der Waals surface area contributed by atoms with Crippen molar-refractivity contribution in [3.8, 4) is 0 Å². The lowest BCUT2D eigenvalue weighted by atomic mass is 10.5. The van der Waals surface area contributed by atoms with E-state index in [2.05, 4.69) is 18.8 Å². The molecule has 0 nitrogen and oxygen atoms in total. The van der Waals surface area contributed by atoms with Gasteiger partial charge >= 0.3 is 0 Å². The molecule has 0 bridgehead atoms. The number of thiocarbonyl (C=S) groups is 1. The van der Waals surface area contributed by atoms with E-state index in [1.807, 2.05) is 0 Å². The molecule has 0 aliphatic carbocycles. The van der Waals surface area contributed by atoms with Crippen LogP contribution in [0.15, 0.2) is 12.7 Å². The zero-order valence-electron chi connectivity index (χ0n) is 3.28. The molecular formula is C4H5ClS. The second kappa shape index (κ2) is 3.32. The van der Waals surface area contributed by atoms with Gasteiger partial charge in [-0.05, 0) is 0 Å². The van der Waals surface area contributed by atoms with Gasteiger partial charge in [0.15, 0.2) is 0 Å². The highest BCUT2D eigenvalue weighted by Crippen LogP contribution is 1.90. The lowest BCUT2D eigenvalue weighted by molar-refractivity contribution is 1.58. The van der Waals surface area contributed by atoms with Crippen LogP contribution in [0.25, 0.3) is 0 Å². The highest BCUT2D eigenvalue weighted by molar-refractivity contribution is 7.83. The lowest BCUT2D eigenvalue weighted by Gasteiger charge is -1.76. The van der Waals surface area contributed by atoms with E-state index < -0.39 is 0 Å². The van der Waals surface area contributed by atoms with Crippen LogP contribution in [0.2, 0.25) is 0 Å². The Morgan fingerprint density at radius 3 is 2.50 bits per heavy atom. The van der Waals surface area contributed by atoms with Gasteiger partial charge < -0.3 is 0 Å². The van der Waals surface area contributed by atoms with Crippen LogP contribution in [-0.4, -0.2) is 4.32 Å². The van der Waals surface area contributed by atoms with Gasteiger partial charge in [-0.2, -0.15) is 0 Å². The van der Waals surface area contributed by atoms with Crippen molar-refractivity contribution in [3.63, 3.8) is 0 Å². The molecule has 0 aliphatic rings. The predicted octanol–water partition coefficient (Wildman–Crippen LogP) is 2.13. The van der Waals surface area contributed by atoms with E-state index >= 15 is 0 Å². The third kappa shape index (κ3) is 4.12. The maximum atomic E-state index is 5.24. The van der Waals surface area contributed by atoms with Gasteiger partial charge in [-0.25, -0.2) is 0 Å². The van der Waals surface area contributed by atoms with Crippen molar-refractivity contribution in [3.05, 3.63) is 12.7 Å². The lowest BCUT2D eigenvalue weighted by Crippen LogP contribution is -1.71. The zero-order chi connectivity index (χ0) is 4.99. The first-order chi connectivity index (χ1) is 2.77. The maximum Gasteiger partial charge on any atom is 0.0846 e. The largest absolute Gasteiger partial charge is 0.103 e. The molecule has 0 unspecified atom stereocenters. The molecule has 0 amide bonds. The molecule has 0 aromatic rings. The maximum absolute atomic E-state index is 5.24. The van der Waals surface area contributed by atoms with Gasteiger partial charge in [0.25, 0.3) is 0 Å². The summed E-state index contributed by atoms with van der Waals surface area (Å²) in [5.74, 6) is 0. The first kappa shape index (κ1) is 6.12. The molecule has 0 rings (SSSR count). The summed E-state index contributed by atoms with van der Waals surface area (Å²) in [5.41, 5.74) is 0. The van der Waals surface area contributed by atoms with Crippen LogP contribution < -0.4 is 0 Å². The fourth-order valence-electron chi connectivity index (χ4n) is 0.113. The SMILES string of the molecule is C=CCC(=S)Cl. The fraction of sp³-hybridized carbons (Fsp3) is 0.250. The molecule has 2 heteroatoms. The predicted molar refractivity (Wildman–Crippen MR) is 33.3 cm³/mol. The molecule has 34 valence electrons. The molecule has 0 spiro atoms. The molecule has 0 radical (unpaired) electrons. The minimum absolute atomic E-state index is 0.477. The molecule has 0 aliphatic heterocycles. The van der Waals surface area contributed by atoms with Crippen LogP contribution >= 0.6 is 23.8 Å². The number of hydrogen-bond acceptors (Lipinski definition) is 1. The third-order valence-electron chi connectivity index (χ3n) is 0.305. The van der Waals surface area contributed by atoms with Crippen LogP contribution in [0, 0.1) is 0 Å². The number of allylic oxidation sites excluding steroid dienone is 1. The molecule has 0 saturated carbocycles. The Bertz CT molecular complexity index is 67.9. The summed E-state index contributed by atoms with van der Waals surface area (Å²) in [6.45, 7) is 3.43. The molecule has 6 heavy (non-hydrogen) atoms. The van der Waals surface area contributed by atoms with Gasteiger partial charge in [-0.15, -0.1) is 6.58 Å². The van der Waals surface area contributed by atoms with E-state index in [1.54, 1.807) is 6.08 Å². The molecule has 0 aromatic heterocycles. The van der Waals surface area contributed by atoms with Gasteiger partial charge in [0.05, 0.1) is 4.32 Å². The Morgan fingerprint density at radius 2 is 2.50 bits per heavy atom. The van der Waals surface area contributed by atoms with Crippen LogP contribution in [0.1, 0.15) is 6.42 Å². The summed E-state index contributed by atoms with van der Waals surface area (Å²) in [7, 11) is 0. The Morgan fingerprint density at radius 1 is 2.00 bits per heavy atom. The van der Waals surface area contributed by atoms with Crippen molar-refractivity contribution in [2.45, 2.75) is 6.42 Å². The Balaban J connectivity index is 3.05. The summed E-state index contributed by atoms with van der Waals surface area (Å²) in [6.07, 6.45) is 2.31. The van der Waals surface area contributed by atoms with Crippen LogP contribution in [0.4, 0.5) is 0 Å². The van der Waals surface area contributed by atoms with E-state index in [0.717, 1.165) is 0 Å². The number of rotatable bonds is 2. The second-order valence-corrected chi connectivity index (χ2v) is 2.02. The van der Waals surface area contributed by atoms with Crippen LogP contribution in [-0.2, 0) is 0 Å². The zero-order valence-corrected chi connectivity index (χ0v) is 4.85. The molecule has 0 atom stereocenters. The van der Waals surface area contributed by atoms with Gasteiger partial charge in [-0.3, -0.25) is 0 Å². The van der Waals surface area contributed by atoms with Crippen LogP contribution in [0.5, 0.6) is 0 Å². The van der Waals surface area contributed by atoms with E-state index in [-0.39, 0.29) is 0 Å². The third-order valence-corrected chi connectivity index (χ3v) is 0.626. The summed E-state index contributed by atoms with van der Waals surface area (Å²) in [6, 6.07) is 0. The first-order valence-corrected chi connectivity index (χ1v) is 2.35. The monoisotopic (exact) mass is 120 g/mol. The molecule has 0 N–H and O–H groups in total. The van der Waals surface area contributed by atoms with Crippen molar-refractivity contribution < 1.29 is 0 Å². The average Bonchev–Trinajstić information content (AvgIpc) is 1.35. The van der Waals surface area contributed by atoms with Crippen LogP contribution in [0.3, 0.4) is 0 Å². The summed E-state index contributed by atoms with van der Waals surface area (Å²) < 4.78 is 0.477. The molecule has 0 fully saturated rings. The Labute approximate surface area is 47.8 Å². The van der Waals surface area contributed by atoms with Crippen molar-refractivity contribution >= 4 is 28.1 Å². The van der Waals surface area contributed by atoms with E-state index in [4.69, 9.17) is 11.6 Å². The molecule has 0 aromatic carbocycles. The highest BCUT2D eigenvalue weighted by Gasteiger charge is 1.78. The minimum Gasteiger partial charge on any atom is -0.103 e. The van der Waals surface area contributed by atoms with Crippen molar-refractivity contribution in [1.29, 1.82) is 0 Å². The van der Waals surface area contributed by atoms with E-state index in [9.17, 15) is 0 Å². The van der Waals surface area contributed by atoms with E-state index in [0.29, 0.717) is 10.7 Å². The molecule has 0 heterocycles. The van der Waals surface area contributed by atoms with E-state index in [1.165, 1.54) is 0 Å². The average molecular weight is 121 g/mol. The summed E-state index contributed by atoms with van der Waals surface area (Å²) in [4.78, 5) is 0. The summed E-state index contributed by atoms with van der Waals surface area (Å²) >= 11 is 9.73. The number of halogens is 1. The highest BCUT2D eigenvalue weighted by atomic mass is 35.5. The second-order valence-electron chi connectivity index (χ2n) is 0.848. The van der Waals surface area contributed by atoms with Gasteiger partial charge in [0.1, 0.15) is 0 Å². The van der Waals surface area contributed by atoms with Crippen molar-refractivity contribution in [1.82, 2.24) is 0 Å². The van der Waals surface area contributed by atoms with Gasteiger partial charge in [0.2, 0.25) is 0 Å². The van der Waals surface area contributed by atoms with Crippen molar-refractivity contribution in [2.24, 2.45) is 0 Å². The van der Waals surface area contributed by atoms with Gasteiger partial charge in [-0.1, -0.05) is 29.9 Å². The smallest absolute Gasteiger partial charge is 0.0846 e. The Kier molecular flexibility index (Phi) is 3.38. The standard InChI is InChI=1S/C4H5ClS/c1-2-3-4(5)6/h2H,1,3H2. The molecule has 0 saturated heterocycles. The van der Waals surface area contributed by atoms with Crippen molar-refractivity contribution in [2.75, 3.05) is 0 Å². The minimum atomic E-state index is 0.477. The molecular weight excluding hydrogens is 116 g/mol. The quantitative estimate of drug-likeness (QED) is 0.306.